The Morgan fingerprint density at radius 3 is 2.63 bits per heavy atom. The van der Waals surface area contributed by atoms with E-state index in [1.165, 1.54) is 0 Å². The topological polar surface area (TPSA) is 74.7 Å². The first-order valence-corrected chi connectivity index (χ1v) is 8.65. The molecule has 1 aliphatic rings. The van der Waals surface area contributed by atoms with Crippen LogP contribution in [0.2, 0.25) is 0 Å². The van der Waals surface area contributed by atoms with Gasteiger partial charge in [0.1, 0.15) is 5.69 Å². The van der Waals surface area contributed by atoms with Gasteiger partial charge in [-0.25, -0.2) is 9.97 Å². The van der Waals surface area contributed by atoms with Crippen molar-refractivity contribution in [1.82, 2.24) is 20.2 Å². The van der Waals surface area contributed by atoms with Gasteiger partial charge in [0, 0.05) is 46.0 Å². The largest absolute Gasteiger partial charge is 0.433 e. The third-order valence-corrected chi connectivity index (χ3v) is 3.99. The van der Waals surface area contributed by atoms with Gasteiger partial charge in [0.05, 0.1) is 6.10 Å². The van der Waals surface area contributed by atoms with E-state index in [9.17, 15) is 13.2 Å². The number of ether oxygens (including phenoxy) is 1. The van der Waals surface area contributed by atoms with Crippen LogP contribution in [0, 0.1) is 0 Å². The quantitative estimate of drug-likeness (QED) is 0.270. The van der Waals surface area contributed by atoms with E-state index >= 15 is 0 Å². The van der Waals surface area contributed by atoms with Crippen molar-refractivity contribution in [2.24, 2.45) is 4.99 Å². The molecule has 0 aromatic carbocycles. The number of piperidine rings is 1. The summed E-state index contributed by atoms with van der Waals surface area (Å²) in [4.78, 5) is 13.7. The van der Waals surface area contributed by atoms with Gasteiger partial charge in [-0.2, -0.15) is 13.2 Å². The second-order valence-corrected chi connectivity index (χ2v) is 5.81. The Kier molecular flexibility index (Phi) is 10.1. The van der Waals surface area contributed by atoms with Crippen LogP contribution in [0.5, 0.6) is 0 Å². The molecule has 1 saturated heterocycles. The number of nitrogens with one attached hydrogen (secondary N) is 2. The Labute approximate surface area is 174 Å². The summed E-state index contributed by atoms with van der Waals surface area (Å²) in [7, 11) is 1.71. The highest BCUT2D eigenvalue weighted by molar-refractivity contribution is 14.0. The van der Waals surface area contributed by atoms with Crippen molar-refractivity contribution in [3.63, 3.8) is 0 Å². The van der Waals surface area contributed by atoms with Crippen molar-refractivity contribution < 1.29 is 17.9 Å². The maximum Gasteiger partial charge on any atom is 0.433 e. The second kappa shape index (κ2) is 11.5. The molecule has 0 aliphatic carbocycles. The monoisotopic (exact) mass is 502 g/mol. The number of aliphatic imine (C=N–C) groups is 1. The average Bonchev–Trinajstić information content (AvgIpc) is 2.63. The molecule has 0 amide bonds. The Bertz CT molecular complexity index is 594. The minimum absolute atomic E-state index is 0. The summed E-state index contributed by atoms with van der Waals surface area (Å²) < 4.78 is 43.5. The molecular weight excluding hydrogens is 476 g/mol. The Morgan fingerprint density at radius 1 is 1.33 bits per heavy atom. The van der Waals surface area contributed by atoms with Crippen LogP contribution in [0.1, 0.15) is 25.5 Å². The number of hydrogen-bond acceptors (Lipinski definition) is 5. The van der Waals surface area contributed by atoms with Gasteiger partial charge >= 0.3 is 6.18 Å². The highest BCUT2D eigenvalue weighted by Gasteiger charge is 2.32. The van der Waals surface area contributed by atoms with Gasteiger partial charge in [0.25, 0.3) is 0 Å². The number of hydrogen-bond donors (Lipinski definition) is 2. The zero-order chi connectivity index (χ0) is 19.0. The minimum atomic E-state index is -4.48. The first-order valence-electron chi connectivity index (χ1n) is 8.65. The van der Waals surface area contributed by atoms with Crippen LogP contribution in [0.3, 0.4) is 0 Å². The number of rotatable bonds is 6. The number of aromatic nitrogens is 2. The van der Waals surface area contributed by atoms with E-state index in [0.29, 0.717) is 19.2 Å². The van der Waals surface area contributed by atoms with Gasteiger partial charge in [-0.1, -0.05) is 0 Å². The number of nitrogens with zero attached hydrogens (tertiary/aromatic N) is 4. The molecule has 2 N–H and O–H groups in total. The van der Waals surface area contributed by atoms with Crippen molar-refractivity contribution in [3.8, 4) is 0 Å². The Morgan fingerprint density at radius 2 is 2.04 bits per heavy atom. The normalized spacial score (nSPS) is 16.0. The summed E-state index contributed by atoms with van der Waals surface area (Å²) >= 11 is 0. The fourth-order valence-corrected chi connectivity index (χ4v) is 2.75. The highest BCUT2D eigenvalue weighted by atomic mass is 127. The molecule has 0 bridgehead atoms. The number of halogens is 4. The summed E-state index contributed by atoms with van der Waals surface area (Å²) in [5.74, 6) is 0.723. The molecule has 0 spiro atoms. The Hall–Kier alpha value is -1.37. The lowest BCUT2D eigenvalue weighted by molar-refractivity contribution is -0.141. The number of anilines is 1. The molecule has 0 saturated carbocycles. The van der Waals surface area contributed by atoms with Crippen LogP contribution in [0.4, 0.5) is 19.1 Å². The van der Waals surface area contributed by atoms with E-state index in [4.69, 9.17) is 4.74 Å². The van der Waals surface area contributed by atoms with Crippen LogP contribution in [0.25, 0.3) is 0 Å². The molecule has 1 aliphatic heterocycles. The molecule has 1 aromatic rings. The summed E-state index contributed by atoms with van der Waals surface area (Å²) in [6, 6.07) is 0.844. The zero-order valence-electron chi connectivity index (χ0n) is 15.4. The summed E-state index contributed by atoms with van der Waals surface area (Å²) in [5, 5.41) is 5.98. The van der Waals surface area contributed by atoms with E-state index in [2.05, 4.69) is 30.5 Å². The van der Waals surface area contributed by atoms with Crippen molar-refractivity contribution in [3.05, 3.63) is 18.0 Å². The van der Waals surface area contributed by atoms with E-state index in [0.717, 1.165) is 50.8 Å². The summed E-state index contributed by atoms with van der Waals surface area (Å²) in [5.41, 5.74) is -0.962. The molecule has 2 heterocycles. The average molecular weight is 502 g/mol. The van der Waals surface area contributed by atoms with Crippen LogP contribution in [-0.4, -0.2) is 66.8 Å². The van der Waals surface area contributed by atoms with Crippen LogP contribution in [0.15, 0.2) is 17.3 Å². The predicted octanol–water partition coefficient (Wildman–Crippen LogP) is 2.60. The van der Waals surface area contributed by atoms with Crippen molar-refractivity contribution in [2.75, 3.05) is 45.2 Å². The highest BCUT2D eigenvalue weighted by Crippen LogP contribution is 2.27. The number of alkyl halides is 3. The van der Waals surface area contributed by atoms with E-state index in [1.807, 2.05) is 6.92 Å². The van der Waals surface area contributed by atoms with Crippen LogP contribution >= 0.6 is 24.0 Å². The Balaban J connectivity index is 0.00000364. The third kappa shape index (κ3) is 7.64. The van der Waals surface area contributed by atoms with Crippen molar-refractivity contribution in [2.45, 2.75) is 32.0 Å². The van der Waals surface area contributed by atoms with E-state index in [1.54, 1.807) is 7.05 Å². The molecule has 7 nitrogen and oxygen atoms in total. The molecule has 154 valence electrons. The van der Waals surface area contributed by atoms with Gasteiger partial charge in [-0.15, -0.1) is 24.0 Å². The molecule has 2 rings (SSSR count). The lowest BCUT2D eigenvalue weighted by atomic mass is 10.1. The van der Waals surface area contributed by atoms with E-state index < -0.39 is 11.9 Å². The van der Waals surface area contributed by atoms with Crippen molar-refractivity contribution in [1.29, 1.82) is 0 Å². The fourth-order valence-electron chi connectivity index (χ4n) is 2.75. The predicted molar refractivity (Wildman–Crippen MR) is 109 cm³/mol. The van der Waals surface area contributed by atoms with Gasteiger partial charge < -0.3 is 20.3 Å². The standard InChI is InChI=1S/C16H25F3N6O.HI/c1-3-26-12-5-10-25(11-6-12)15(20-2)23-9-8-22-14-21-7-4-13(24-14)16(17,18)19;/h4,7,12H,3,5-6,8-11H2,1-2H3,(H,20,23)(H,21,22,24);1H. The van der Waals surface area contributed by atoms with Gasteiger partial charge in [-0.3, -0.25) is 4.99 Å². The molecule has 11 heteroatoms. The molecular formula is C16H26F3IN6O. The van der Waals surface area contributed by atoms with Crippen LogP contribution in [-0.2, 0) is 10.9 Å². The first kappa shape index (κ1) is 23.7. The van der Waals surface area contributed by atoms with Gasteiger partial charge in [0.2, 0.25) is 5.95 Å². The SMILES string of the molecule is CCOC1CCN(C(=NC)NCCNc2nccc(C(F)(F)F)n2)CC1.I. The smallest absolute Gasteiger partial charge is 0.378 e. The zero-order valence-corrected chi connectivity index (χ0v) is 17.8. The van der Waals surface area contributed by atoms with Crippen LogP contribution < -0.4 is 10.6 Å². The number of likely N-dealkylation sites (tertiary alicyclic amines) is 1. The maximum absolute atomic E-state index is 12.6. The molecule has 1 aromatic heterocycles. The van der Waals surface area contributed by atoms with Gasteiger partial charge in [0.15, 0.2) is 5.96 Å². The summed E-state index contributed by atoms with van der Waals surface area (Å²) in [6.07, 6.45) is -1.19. The first-order chi connectivity index (χ1) is 12.4. The van der Waals surface area contributed by atoms with E-state index in [-0.39, 0.29) is 29.9 Å². The third-order valence-electron chi connectivity index (χ3n) is 3.99. The fraction of sp³-hybridized carbons (Fsp3) is 0.688. The summed E-state index contributed by atoms with van der Waals surface area (Å²) in [6.45, 7) is 5.28. The second-order valence-electron chi connectivity index (χ2n) is 5.81. The lowest BCUT2D eigenvalue weighted by Gasteiger charge is -2.34. The molecule has 0 atom stereocenters. The number of guanidine groups is 1. The lowest BCUT2D eigenvalue weighted by Crippen LogP contribution is -2.47. The van der Waals surface area contributed by atoms with Crippen molar-refractivity contribution >= 4 is 35.9 Å². The molecule has 27 heavy (non-hydrogen) atoms. The maximum atomic E-state index is 12.6. The molecule has 1 fully saturated rings. The molecule has 0 unspecified atom stereocenters. The molecule has 0 radical (unpaired) electrons. The minimum Gasteiger partial charge on any atom is -0.378 e. The van der Waals surface area contributed by atoms with Gasteiger partial charge in [-0.05, 0) is 25.8 Å².